The van der Waals surface area contributed by atoms with Crippen molar-refractivity contribution in [2.45, 2.75) is 25.6 Å². The van der Waals surface area contributed by atoms with E-state index in [4.69, 9.17) is 27.9 Å². The van der Waals surface area contributed by atoms with E-state index >= 15 is 0 Å². The Morgan fingerprint density at radius 1 is 1.36 bits per heavy atom. The number of aromatic nitrogens is 1. The zero-order valence-corrected chi connectivity index (χ0v) is 14.5. The quantitative estimate of drug-likeness (QED) is 0.548. The van der Waals surface area contributed by atoms with Gasteiger partial charge in [0, 0.05) is 24.8 Å². The second kappa shape index (κ2) is 7.64. The molecule has 0 saturated heterocycles. The fourth-order valence-corrected chi connectivity index (χ4v) is 3.36. The summed E-state index contributed by atoms with van der Waals surface area (Å²) in [5, 5.41) is 0.637. The second-order valence-electron chi connectivity index (χ2n) is 5.62. The molecule has 25 heavy (non-hydrogen) atoms. The highest BCUT2D eigenvalue weighted by atomic mass is 35.5. The highest BCUT2D eigenvalue weighted by molar-refractivity contribution is 6.32. The summed E-state index contributed by atoms with van der Waals surface area (Å²) in [5.41, 5.74) is 2.51. The summed E-state index contributed by atoms with van der Waals surface area (Å²) in [6.45, 7) is 0.231. The second-order valence-corrected chi connectivity index (χ2v) is 6.39. The van der Waals surface area contributed by atoms with Gasteiger partial charge in [-0.1, -0.05) is 29.3 Å². The van der Waals surface area contributed by atoms with E-state index in [1.807, 2.05) is 4.90 Å². The van der Waals surface area contributed by atoms with Crippen LogP contribution >= 0.6 is 23.2 Å². The first-order valence-corrected chi connectivity index (χ1v) is 8.27. The molecule has 1 aromatic heterocycles. The highest BCUT2D eigenvalue weighted by Gasteiger charge is 2.31. The number of halogens is 4. The van der Waals surface area contributed by atoms with E-state index in [1.54, 1.807) is 30.5 Å². The molecular weight excluding hydrogens is 373 g/mol. The van der Waals surface area contributed by atoms with Gasteiger partial charge in [0.1, 0.15) is 23.8 Å². The molecule has 0 saturated carbocycles. The molecule has 1 unspecified atom stereocenters. The minimum atomic E-state index is -2.56. The molecule has 0 aliphatic carbocycles. The molecule has 1 aromatic carbocycles. The zero-order valence-electron chi connectivity index (χ0n) is 13.0. The van der Waals surface area contributed by atoms with Crippen LogP contribution in [0.1, 0.15) is 22.7 Å². The maximum atomic E-state index is 12.2. The number of hydrogen-bond acceptors (Lipinski definition) is 4. The molecule has 0 fully saturated rings. The fraction of sp³-hybridized carbons (Fsp3) is 0.294. The van der Waals surface area contributed by atoms with Crippen molar-refractivity contribution in [3.63, 3.8) is 0 Å². The summed E-state index contributed by atoms with van der Waals surface area (Å²) in [6, 6.07) is 6.30. The Balaban J connectivity index is 1.76. The van der Waals surface area contributed by atoms with Gasteiger partial charge in [0.05, 0.1) is 11.1 Å². The number of hydrogen-bond donors (Lipinski definition) is 0. The van der Waals surface area contributed by atoms with E-state index in [9.17, 15) is 13.6 Å². The minimum absolute atomic E-state index is 0.203. The lowest BCUT2D eigenvalue weighted by molar-refractivity contribution is -0.112. The summed E-state index contributed by atoms with van der Waals surface area (Å²) in [7, 11) is 0. The topological polar surface area (TPSA) is 42.4 Å². The van der Waals surface area contributed by atoms with Crippen LogP contribution < -0.4 is 4.74 Å². The molecule has 0 spiro atoms. The minimum Gasteiger partial charge on any atom is -0.486 e. The van der Waals surface area contributed by atoms with Crippen molar-refractivity contribution in [1.82, 2.24) is 9.88 Å². The van der Waals surface area contributed by atoms with Crippen molar-refractivity contribution in [1.29, 1.82) is 0 Å². The molecule has 0 N–H and O–H groups in total. The SMILES string of the molecule is O=CC1c2ccnc(Cl)c2CN1Cc1ccc(OCC(F)F)c(Cl)c1. The van der Waals surface area contributed by atoms with Crippen molar-refractivity contribution in [2.24, 2.45) is 0 Å². The number of benzene rings is 1. The molecular formula is C17H14Cl2F2N2O2. The smallest absolute Gasteiger partial charge is 0.272 e. The number of alkyl halides is 2. The van der Waals surface area contributed by atoms with Crippen molar-refractivity contribution >= 4 is 29.5 Å². The monoisotopic (exact) mass is 386 g/mol. The predicted octanol–water partition coefficient (Wildman–Crippen LogP) is 4.29. The van der Waals surface area contributed by atoms with Crippen LogP contribution in [0, 0.1) is 0 Å². The van der Waals surface area contributed by atoms with Crippen LogP contribution in [0.2, 0.25) is 10.2 Å². The van der Waals surface area contributed by atoms with Crippen LogP contribution in [-0.4, -0.2) is 29.2 Å². The Hall–Kier alpha value is -1.76. The zero-order chi connectivity index (χ0) is 18.0. The third-order valence-electron chi connectivity index (χ3n) is 3.99. The maximum absolute atomic E-state index is 12.2. The van der Waals surface area contributed by atoms with Gasteiger partial charge in [-0.25, -0.2) is 13.8 Å². The summed E-state index contributed by atoms with van der Waals surface area (Å²) in [5.74, 6) is 0.203. The number of ether oxygens (including phenoxy) is 1. The molecule has 8 heteroatoms. The lowest BCUT2D eigenvalue weighted by Crippen LogP contribution is -2.22. The van der Waals surface area contributed by atoms with Crippen LogP contribution in [0.3, 0.4) is 0 Å². The van der Waals surface area contributed by atoms with Crippen LogP contribution in [0.5, 0.6) is 5.75 Å². The number of fused-ring (bicyclic) bond motifs is 1. The first kappa shape index (κ1) is 18.0. The third kappa shape index (κ3) is 3.92. The molecule has 4 nitrogen and oxygen atoms in total. The van der Waals surface area contributed by atoms with Crippen LogP contribution in [0.25, 0.3) is 0 Å². The third-order valence-corrected chi connectivity index (χ3v) is 4.61. The Labute approximate surface area is 153 Å². The van der Waals surface area contributed by atoms with Gasteiger partial charge < -0.3 is 9.53 Å². The normalized spacial score (nSPS) is 16.9. The standard InChI is InChI=1S/C17H14Cl2F2N2O2/c18-13-5-10(1-2-15(13)25-9-16(20)21)6-23-7-12-11(14(23)8-24)3-4-22-17(12)19/h1-5,8,14,16H,6-7,9H2. The van der Waals surface area contributed by atoms with Gasteiger partial charge in [-0.15, -0.1) is 0 Å². The number of aldehydes is 1. The summed E-state index contributed by atoms with van der Waals surface area (Å²) >= 11 is 12.2. The number of carbonyl (C=O) groups is 1. The maximum Gasteiger partial charge on any atom is 0.272 e. The molecule has 2 aromatic rings. The van der Waals surface area contributed by atoms with E-state index in [0.29, 0.717) is 18.2 Å². The predicted molar refractivity (Wildman–Crippen MR) is 90.3 cm³/mol. The van der Waals surface area contributed by atoms with E-state index in [-0.39, 0.29) is 10.8 Å². The Kier molecular flexibility index (Phi) is 5.51. The van der Waals surface area contributed by atoms with Crippen molar-refractivity contribution in [2.75, 3.05) is 6.61 Å². The molecule has 0 bridgehead atoms. The summed E-state index contributed by atoms with van der Waals surface area (Å²) in [4.78, 5) is 17.5. The van der Waals surface area contributed by atoms with Gasteiger partial charge in [-0.05, 0) is 29.3 Å². The van der Waals surface area contributed by atoms with E-state index < -0.39 is 19.1 Å². The van der Waals surface area contributed by atoms with Gasteiger partial charge in [0.15, 0.2) is 0 Å². The Morgan fingerprint density at radius 3 is 2.84 bits per heavy atom. The Bertz CT molecular complexity index is 789. The molecule has 1 aliphatic heterocycles. The molecule has 0 amide bonds. The number of rotatable bonds is 6. The van der Waals surface area contributed by atoms with E-state index in [2.05, 4.69) is 4.98 Å². The number of nitrogens with zero attached hydrogens (tertiary/aromatic N) is 2. The Morgan fingerprint density at radius 2 is 2.16 bits per heavy atom. The average molecular weight is 387 g/mol. The summed E-state index contributed by atoms with van der Waals surface area (Å²) in [6.07, 6.45) is -0.123. The highest BCUT2D eigenvalue weighted by Crippen LogP contribution is 2.37. The number of carbonyl (C=O) groups excluding carboxylic acids is 1. The first-order valence-electron chi connectivity index (χ1n) is 7.51. The van der Waals surface area contributed by atoms with Crippen LogP contribution in [-0.2, 0) is 17.9 Å². The van der Waals surface area contributed by atoms with Crippen molar-refractivity contribution in [3.8, 4) is 5.75 Å². The molecule has 3 rings (SSSR count). The molecule has 1 aliphatic rings. The van der Waals surface area contributed by atoms with E-state index in [1.165, 1.54) is 0 Å². The average Bonchev–Trinajstić information content (AvgIpc) is 2.92. The molecule has 1 atom stereocenters. The summed E-state index contributed by atoms with van der Waals surface area (Å²) < 4.78 is 29.4. The fourth-order valence-electron chi connectivity index (χ4n) is 2.87. The molecule has 0 radical (unpaired) electrons. The van der Waals surface area contributed by atoms with Crippen LogP contribution in [0.15, 0.2) is 30.5 Å². The van der Waals surface area contributed by atoms with Gasteiger partial charge in [-0.3, -0.25) is 4.90 Å². The van der Waals surface area contributed by atoms with Crippen molar-refractivity contribution < 1.29 is 18.3 Å². The largest absolute Gasteiger partial charge is 0.486 e. The lowest BCUT2D eigenvalue weighted by Gasteiger charge is -2.21. The lowest BCUT2D eigenvalue weighted by atomic mass is 10.1. The number of pyridine rings is 1. The van der Waals surface area contributed by atoms with Gasteiger partial charge >= 0.3 is 0 Å². The van der Waals surface area contributed by atoms with E-state index in [0.717, 1.165) is 23.0 Å². The molecule has 132 valence electrons. The molecule has 2 heterocycles. The first-order chi connectivity index (χ1) is 12.0. The van der Waals surface area contributed by atoms with Gasteiger partial charge in [0.2, 0.25) is 0 Å². The van der Waals surface area contributed by atoms with Gasteiger partial charge in [0.25, 0.3) is 6.43 Å². The van der Waals surface area contributed by atoms with Crippen LogP contribution in [0.4, 0.5) is 8.78 Å². The van der Waals surface area contributed by atoms with Gasteiger partial charge in [-0.2, -0.15) is 0 Å². The van der Waals surface area contributed by atoms with Crippen molar-refractivity contribution in [3.05, 3.63) is 57.3 Å².